The zero-order chi connectivity index (χ0) is 11.6. The van der Waals surface area contributed by atoms with Crippen molar-refractivity contribution in [1.29, 1.82) is 0 Å². The summed E-state index contributed by atoms with van der Waals surface area (Å²) in [7, 11) is 0. The third-order valence-corrected chi connectivity index (χ3v) is 4.17. The van der Waals surface area contributed by atoms with E-state index in [0.29, 0.717) is 0 Å². The predicted octanol–water partition coefficient (Wildman–Crippen LogP) is 2.33. The van der Waals surface area contributed by atoms with E-state index in [-0.39, 0.29) is 17.6 Å². The number of aliphatic hydroxyl groups is 1. The number of rotatable bonds is 5. The minimum Gasteiger partial charge on any atom is -0.394 e. The SMILES string of the molecule is CC1(C(C)(CO)NCc2ccccc2)CC1. The van der Waals surface area contributed by atoms with Crippen LogP contribution in [0.25, 0.3) is 0 Å². The number of nitrogens with one attached hydrogen (secondary N) is 1. The Balaban J connectivity index is 1.98. The molecule has 1 fully saturated rings. The van der Waals surface area contributed by atoms with Gasteiger partial charge < -0.3 is 10.4 Å². The molecular formula is C14H21NO. The molecule has 2 N–H and O–H groups in total. The second-order valence-electron chi connectivity index (χ2n) is 5.39. The highest BCUT2D eigenvalue weighted by atomic mass is 16.3. The fraction of sp³-hybridized carbons (Fsp3) is 0.571. The molecule has 88 valence electrons. The van der Waals surface area contributed by atoms with Crippen LogP contribution in [0.4, 0.5) is 0 Å². The van der Waals surface area contributed by atoms with Crippen LogP contribution in [0, 0.1) is 5.41 Å². The summed E-state index contributed by atoms with van der Waals surface area (Å²) < 4.78 is 0. The lowest BCUT2D eigenvalue weighted by atomic mass is 9.84. The Morgan fingerprint density at radius 3 is 2.44 bits per heavy atom. The molecule has 2 heteroatoms. The van der Waals surface area contributed by atoms with Gasteiger partial charge in [0.1, 0.15) is 0 Å². The summed E-state index contributed by atoms with van der Waals surface area (Å²) in [6.07, 6.45) is 2.43. The lowest BCUT2D eigenvalue weighted by Crippen LogP contribution is -2.51. The number of hydrogen-bond donors (Lipinski definition) is 2. The van der Waals surface area contributed by atoms with Crippen LogP contribution < -0.4 is 5.32 Å². The van der Waals surface area contributed by atoms with Crippen molar-refractivity contribution < 1.29 is 5.11 Å². The lowest BCUT2D eigenvalue weighted by molar-refractivity contribution is 0.111. The average molecular weight is 219 g/mol. The molecule has 1 aliphatic rings. The summed E-state index contributed by atoms with van der Waals surface area (Å²) in [5.41, 5.74) is 1.39. The topological polar surface area (TPSA) is 32.3 Å². The highest BCUT2D eigenvalue weighted by Gasteiger charge is 2.52. The van der Waals surface area contributed by atoms with Crippen LogP contribution >= 0.6 is 0 Å². The van der Waals surface area contributed by atoms with Crippen molar-refractivity contribution in [3.05, 3.63) is 35.9 Å². The molecule has 0 aromatic heterocycles. The first-order chi connectivity index (χ1) is 7.60. The molecule has 0 heterocycles. The van der Waals surface area contributed by atoms with E-state index in [1.807, 2.05) is 18.2 Å². The molecule has 0 amide bonds. The Bertz CT molecular complexity index is 345. The average Bonchev–Trinajstić information content (AvgIpc) is 3.07. The minimum atomic E-state index is -0.150. The summed E-state index contributed by atoms with van der Waals surface area (Å²) in [5, 5.41) is 13.1. The van der Waals surface area contributed by atoms with Gasteiger partial charge in [0.05, 0.1) is 6.61 Å². The number of hydrogen-bond acceptors (Lipinski definition) is 2. The Morgan fingerprint density at radius 2 is 1.94 bits per heavy atom. The Labute approximate surface area is 97.7 Å². The van der Waals surface area contributed by atoms with E-state index in [2.05, 4.69) is 31.3 Å². The molecule has 2 rings (SSSR count). The summed E-state index contributed by atoms with van der Waals surface area (Å²) in [6.45, 7) is 5.41. The van der Waals surface area contributed by atoms with Gasteiger partial charge in [-0.25, -0.2) is 0 Å². The highest BCUT2D eigenvalue weighted by molar-refractivity contribution is 5.16. The van der Waals surface area contributed by atoms with Crippen LogP contribution in [0.5, 0.6) is 0 Å². The number of aliphatic hydroxyl groups excluding tert-OH is 1. The van der Waals surface area contributed by atoms with Gasteiger partial charge in [-0.05, 0) is 30.7 Å². The standard InChI is InChI=1S/C14H21NO/c1-13(8-9-13)14(2,11-16)15-10-12-6-4-3-5-7-12/h3-7,15-16H,8-11H2,1-2H3. The van der Waals surface area contributed by atoms with Gasteiger partial charge in [0, 0.05) is 12.1 Å². The second kappa shape index (κ2) is 4.19. The monoisotopic (exact) mass is 219 g/mol. The molecule has 1 aromatic carbocycles. The molecule has 16 heavy (non-hydrogen) atoms. The van der Waals surface area contributed by atoms with Crippen molar-refractivity contribution in [1.82, 2.24) is 5.32 Å². The molecule has 0 spiro atoms. The van der Waals surface area contributed by atoms with Crippen LogP contribution in [0.3, 0.4) is 0 Å². The highest BCUT2D eigenvalue weighted by Crippen LogP contribution is 2.53. The van der Waals surface area contributed by atoms with Gasteiger partial charge in [0.2, 0.25) is 0 Å². The second-order valence-corrected chi connectivity index (χ2v) is 5.39. The maximum Gasteiger partial charge on any atom is 0.0616 e. The number of benzene rings is 1. The van der Waals surface area contributed by atoms with E-state index in [1.54, 1.807) is 0 Å². The van der Waals surface area contributed by atoms with Crippen molar-refractivity contribution in [2.24, 2.45) is 5.41 Å². The van der Waals surface area contributed by atoms with Gasteiger partial charge >= 0.3 is 0 Å². The molecule has 0 saturated heterocycles. The maximum atomic E-state index is 9.58. The third kappa shape index (κ3) is 2.13. The summed E-state index contributed by atoms with van der Waals surface area (Å²) >= 11 is 0. The van der Waals surface area contributed by atoms with Crippen molar-refractivity contribution in [2.75, 3.05) is 6.61 Å². The Hall–Kier alpha value is -0.860. The maximum absolute atomic E-state index is 9.58. The quantitative estimate of drug-likeness (QED) is 0.796. The molecule has 0 aliphatic heterocycles. The molecule has 1 unspecified atom stereocenters. The van der Waals surface area contributed by atoms with Crippen LogP contribution in [-0.2, 0) is 6.54 Å². The third-order valence-electron chi connectivity index (χ3n) is 4.17. The zero-order valence-corrected chi connectivity index (χ0v) is 10.2. The molecule has 0 bridgehead atoms. The van der Waals surface area contributed by atoms with Gasteiger partial charge in [-0.15, -0.1) is 0 Å². The normalized spacial score (nSPS) is 21.4. The van der Waals surface area contributed by atoms with Crippen LogP contribution in [0.2, 0.25) is 0 Å². The van der Waals surface area contributed by atoms with Gasteiger partial charge in [-0.3, -0.25) is 0 Å². The smallest absolute Gasteiger partial charge is 0.0616 e. The van der Waals surface area contributed by atoms with E-state index in [1.165, 1.54) is 18.4 Å². The predicted molar refractivity (Wildman–Crippen MR) is 66.1 cm³/mol. The minimum absolute atomic E-state index is 0.150. The van der Waals surface area contributed by atoms with E-state index in [4.69, 9.17) is 0 Å². The van der Waals surface area contributed by atoms with Crippen LogP contribution in [0.1, 0.15) is 32.3 Å². The van der Waals surface area contributed by atoms with Crippen molar-refractivity contribution in [3.63, 3.8) is 0 Å². The largest absolute Gasteiger partial charge is 0.394 e. The molecular weight excluding hydrogens is 198 g/mol. The first-order valence-corrected chi connectivity index (χ1v) is 5.99. The Morgan fingerprint density at radius 1 is 1.31 bits per heavy atom. The van der Waals surface area contributed by atoms with E-state index in [0.717, 1.165) is 6.54 Å². The molecule has 0 radical (unpaired) electrons. The van der Waals surface area contributed by atoms with Crippen LogP contribution in [0.15, 0.2) is 30.3 Å². The van der Waals surface area contributed by atoms with Crippen molar-refractivity contribution in [2.45, 2.75) is 38.8 Å². The lowest BCUT2D eigenvalue weighted by Gasteiger charge is -2.35. The zero-order valence-electron chi connectivity index (χ0n) is 10.2. The van der Waals surface area contributed by atoms with Gasteiger partial charge in [0.15, 0.2) is 0 Å². The van der Waals surface area contributed by atoms with E-state index < -0.39 is 0 Å². The van der Waals surface area contributed by atoms with Gasteiger partial charge in [-0.2, -0.15) is 0 Å². The molecule has 1 aromatic rings. The summed E-state index contributed by atoms with van der Waals surface area (Å²) in [6, 6.07) is 10.3. The summed E-state index contributed by atoms with van der Waals surface area (Å²) in [5.74, 6) is 0. The van der Waals surface area contributed by atoms with Crippen molar-refractivity contribution >= 4 is 0 Å². The molecule has 1 saturated carbocycles. The van der Waals surface area contributed by atoms with E-state index in [9.17, 15) is 5.11 Å². The molecule has 1 atom stereocenters. The first kappa shape index (κ1) is 11.6. The van der Waals surface area contributed by atoms with E-state index >= 15 is 0 Å². The van der Waals surface area contributed by atoms with Gasteiger partial charge in [0.25, 0.3) is 0 Å². The fourth-order valence-electron chi connectivity index (χ4n) is 2.09. The fourth-order valence-corrected chi connectivity index (χ4v) is 2.09. The van der Waals surface area contributed by atoms with Gasteiger partial charge in [-0.1, -0.05) is 37.3 Å². The summed E-state index contributed by atoms with van der Waals surface area (Å²) in [4.78, 5) is 0. The molecule has 2 nitrogen and oxygen atoms in total. The van der Waals surface area contributed by atoms with Crippen molar-refractivity contribution in [3.8, 4) is 0 Å². The first-order valence-electron chi connectivity index (χ1n) is 5.99. The van der Waals surface area contributed by atoms with Crippen LogP contribution in [-0.4, -0.2) is 17.3 Å². The Kier molecular flexibility index (Phi) is 3.04. The molecule has 1 aliphatic carbocycles.